The first-order valence-corrected chi connectivity index (χ1v) is 4.52. The molecular formula is C8H10O2S. The average molecular weight is 170 g/mol. The van der Waals surface area contributed by atoms with E-state index in [9.17, 15) is 0 Å². The summed E-state index contributed by atoms with van der Waals surface area (Å²) < 4.78 is 10.5. The monoisotopic (exact) mass is 170 g/mol. The van der Waals surface area contributed by atoms with Gasteiger partial charge in [0.25, 0.3) is 0 Å². The van der Waals surface area contributed by atoms with Crippen molar-refractivity contribution in [1.29, 1.82) is 0 Å². The molecule has 0 aromatic carbocycles. The molecule has 1 fully saturated rings. The van der Waals surface area contributed by atoms with E-state index in [1.54, 1.807) is 11.3 Å². The van der Waals surface area contributed by atoms with E-state index >= 15 is 0 Å². The van der Waals surface area contributed by atoms with Crippen LogP contribution in [-0.2, 0) is 4.74 Å². The molecule has 1 unspecified atom stereocenters. The van der Waals surface area contributed by atoms with Gasteiger partial charge in [0.2, 0.25) is 0 Å². The Morgan fingerprint density at radius 3 is 3.18 bits per heavy atom. The first-order valence-electron chi connectivity index (χ1n) is 3.64. The molecule has 1 aromatic rings. The van der Waals surface area contributed by atoms with Gasteiger partial charge in [0.1, 0.15) is 18.5 Å². The minimum Gasteiger partial charge on any atom is -0.490 e. The molecule has 1 aliphatic heterocycles. The lowest BCUT2D eigenvalue weighted by Gasteiger charge is -1.98. The van der Waals surface area contributed by atoms with E-state index in [4.69, 9.17) is 9.47 Å². The minimum absolute atomic E-state index is 0.357. The van der Waals surface area contributed by atoms with Crippen LogP contribution in [0.4, 0.5) is 0 Å². The number of hydrogen-bond donors (Lipinski definition) is 0. The standard InChI is InChI=1S/C8H10O2S/c1-6-2-7(5-11-6)9-3-8-4-10-8/h2,5,8H,3-4H2,1H3. The Hall–Kier alpha value is -0.540. The summed E-state index contributed by atoms with van der Waals surface area (Å²) in [7, 11) is 0. The summed E-state index contributed by atoms with van der Waals surface area (Å²) in [5, 5.41) is 2.03. The zero-order valence-corrected chi connectivity index (χ0v) is 7.19. The fraction of sp³-hybridized carbons (Fsp3) is 0.500. The van der Waals surface area contributed by atoms with Gasteiger partial charge in [0.05, 0.1) is 6.61 Å². The molecule has 60 valence electrons. The molecule has 0 N–H and O–H groups in total. The van der Waals surface area contributed by atoms with Crippen LogP contribution in [0.15, 0.2) is 11.4 Å². The number of ether oxygens (including phenoxy) is 2. The van der Waals surface area contributed by atoms with Gasteiger partial charge in [-0.25, -0.2) is 0 Å². The third-order valence-electron chi connectivity index (χ3n) is 1.54. The smallest absolute Gasteiger partial charge is 0.130 e. The molecule has 2 heterocycles. The fourth-order valence-electron chi connectivity index (χ4n) is 0.849. The van der Waals surface area contributed by atoms with Crippen molar-refractivity contribution in [1.82, 2.24) is 0 Å². The molecule has 0 bridgehead atoms. The number of thiophene rings is 1. The minimum atomic E-state index is 0.357. The maximum absolute atomic E-state index is 5.44. The first-order chi connectivity index (χ1) is 5.34. The van der Waals surface area contributed by atoms with Gasteiger partial charge in [-0.2, -0.15) is 0 Å². The molecular weight excluding hydrogens is 160 g/mol. The number of rotatable bonds is 3. The van der Waals surface area contributed by atoms with Crippen molar-refractivity contribution in [3.8, 4) is 5.75 Å². The van der Waals surface area contributed by atoms with Crippen molar-refractivity contribution in [2.75, 3.05) is 13.2 Å². The van der Waals surface area contributed by atoms with Crippen LogP contribution in [0.25, 0.3) is 0 Å². The number of epoxide rings is 1. The lowest BCUT2D eigenvalue weighted by Crippen LogP contribution is -2.02. The summed E-state index contributed by atoms with van der Waals surface area (Å²) in [4.78, 5) is 1.29. The highest BCUT2D eigenvalue weighted by molar-refractivity contribution is 7.10. The SMILES string of the molecule is Cc1cc(OCC2CO2)cs1. The van der Waals surface area contributed by atoms with E-state index < -0.39 is 0 Å². The molecule has 1 atom stereocenters. The third kappa shape index (κ3) is 1.94. The van der Waals surface area contributed by atoms with E-state index in [0.29, 0.717) is 12.7 Å². The Morgan fingerprint density at radius 1 is 1.82 bits per heavy atom. The fourth-order valence-corrected chi connectivity index (χ4v) is 1.47. The van der Waals surface area contributed by atoms with E-state index in [1.807, 2.05) is 11.4 Å². The molecule has 0 amide bonds. The van der Waals surface area contributed by atoms with Crippen LogP contribution in [0.3, 0.4) is 0 Å². The third-order valence-corrected chi connectivity index (χ3v) is 2.38. The second-order valence-electron chi connectivity index (χ2n) is 2.66. The van der Waals surface area contributed by atoms with Crippen molar-refractivity contribution in [3.63, 3.8) is 0 Å². The van der Waals surface area contributed by atoms with Gasteiger partial charge in [0, 0.05) is 10.3 Å². The van der Waals surface area contributed by atoms with Crippen LogP contribution in [0, 0.1) is 6.92 Å². The van der Waals surface area contributed by atoms with Crippen LogP contribution < -0.4 is 4.74 Å². The molecule has 0 radical (unpaired) electrons. The lowest BCUT2D eigenvalue weighted by atomic mass is 10.5. The van der Waals surface area contributed by atoms with E-state index in [1.165, 1.54) is 4.88 Å². The van der Waals surface area contributed by atoms with Gasteiger partial charge in [-0.3, -0.25) is 0 Å². The molecule has 0 spiro atoms. The average Bonchev–Trinajstić information content (AvgIpc) is 2.72. The van der Waals surface area contributed by atoms with E-state index in [0.717, 1.165) is 12.4 Å². The van der Waals surface area contributed by atoms with Gasteiger partial charge in [-0.15, -0.1) is 11.3 Å². The Labute approximate surface area is 69.8 Å². The highest BCUT2D eigenvalue weighted by Gasteiger charge is 2.23. The Morgan fingerprint density at radius 2 is 2.64 bits per heavy atom. The first kappa shape index (κ1) is 7.13. The molecule has 0 saturated carbocycles. The van der Waals surface area contributed by atoms with Crippen LogP contribution >= 0.6 is 11.3 Å². The largest absolute Gasteiger partial charge is 0.490 e. The van der Waals surface area contributed by atoms with Gasteiger partial charge >= 0.3 is 0 Å². The van der Waals surface area contributed by atoms with Crippen molar-refractivity contribution in [2.45, 2.75) is 13.0 Å². The van der Waals surface area contributed by atoms with Gasteiger partial charge in [0.15, 0.2) is 0 Å². The van der Waals surface area contributed by atoms with Crippen LogP contribution in [-0.4, -0.2) is 19.3 Å². The summed E-state index contributed by atoms with van der Waals surface area (Å²) in [6.07, 6.45) is 0.357. The topological polar surface area (TPSA) is 21.8 Å². The van der Waals surface area contributed by atoms with E-state index in [2.05, 4.69) is 6.92 Å². The maximum Gasteiger partial charge on any atom is 0.130 e. The molecule has 2 nitrogen and oxygen atoms in total. The van der Waals surface area contributed by atoms with Gasteiger partial charge in [-0.1, -0.05) is 0 Å². The molecule has 1 saturated heterocycles. The molecule has 11 heavy (non-hydrogen) atoms. The second kappa shape index (κ2) is 2.83. The van der Waals surface area contributed by atoms with Crippen molar-refractivity contribution in [3.05, 3.63) is 16.3 Å². The zero-order chi connectivity index (χ0) is 7.68. The number of aryl methyl sites for hydroxylation is 1. The highest BCUT2D eigenvalue weighted by atomic mass is 32.1. The van der Waals surface area contributed by atoms with Crippen LogP contribution in [0.1, 0.15) is 4.88 Å². The molecule has 0 aliphatic carbocycles. The predicted octanol–water partition coefficient (Wildman–Crippen LogP) is 1.83. The second-order valence-corrected chi connectivity index (χ2v) is 3.77. The normalized spacial score (nSPS) is 21.7. The summed E-state index contributed by atoms with van der Waals surface area (Å²) in [5.74, 6) is 0.975. The Kier molecular flexibility index (Phi) is 1.84. The lowest BCUT2D eigenvalue weighted by molar-refractivity contribution is 0.264. The Bertz CT molecular complexity index is 240. The highest BCUT2D eigenvalue weighted by Crippen LogP contribution is 2.21. The van der Waals surface area contributed by atoms with Crippen LogP contribution in [0.5, 0.6) is 5.75 Å². The molecule has 2 rings (SSSR count). The van der Waals surface area contributed by atoms with Gasteiger partial charge < -0.3 is 9.47 Å². The van der Waals surface area contributed by atoms with Crippen LogP contribution in [0.2, 0.25) is 0 Å². The van der Waals surface area contributed by atoms with Crippen molar-refractivity contribution >= 4 is 11.3 Å². The van der Waals surface area contributed by atoms with Crippen molar-refractivity contribution < 1.29 is 9.47 Å². The summed E-state index contributed by atoms with van der Waals surface area (Å²) >= 11 is 1.71. The summed E-state index contributed by atoms with van der Waals surface area (Å²) in [6, 6.07) is 2.05. The van der Waals surface area contributed by atoms with Gasteiger partial charge in [-0.05, 0) is 13.0 Å². The maximum atomic E-state index is 5.44. The summed E-state index contributed by atoms with van der Waals surface area (Å²) in [6.45, 7) is 3.64. The molecule has 1 aromatic heterocycles. The summed E-state index contributed by atoms with van der Waals surface area (Å²) in [5.41, 5.74) is 0. The molecule has 3 heteroatoms. The number of hydrogen-bond acceptors (Lipinski definition) is 3. The Balaban J connectivity index is 1.85. The van der Waals surface area contributed by atoms with E-state index in [-0.39, 0.29) is 0 Å². The quantitative estimate of drug-likeness (QED) is 0.645. The zero-order valence-electron chi connectivity index (χ0n) is 6.37. The molecule has 1 aliphatic rings. The predicted molar refractivity (Wildman–Crippen MR) is 44.3 cm³/mol. The van der Waals surface area contributed by atoms with Crippen molar-refractivity contribution in [2.24, 2.45) is 0 Å².